The monoisotopic (exact) mass is 189 g/mol. The molecule has 1 heterocycles. The van der Waals surface area contributed by atoms with Gasteiger partial charge in [0.15, 0.2) is 0 Å². The summed E-state index contributed by atoms with van der Waals surface area (Å²) in [7, 11) is 0. The van der Waals surface area contributed by atoms with Crippen molar-refractivity contribution in [2.75, 3.05) is 13.1 Å². The molecule has 0 aromatic carbocycles. The summed E-state index contributed by atoms with van der Waals surface area (Å²) in [4.78, 5) is 0. The van der Waals surface area contributed by atoms with Crippen molar-refractivity contribution in [2.24, 2.45) is 5.92 Å². The second-order valence-electron chi connectivity index (χ2n) is 3.34. The van der Waals surface area contributed by atoms with Gasteiger partial charge < -0.3 is 18.3 Å². The Kier molecular flexibility index (Phi) is 2.86. The van der Waals surface area contributed by atoms with Crippen molar-refractivity contribution in [1.29, 1.82) is 0 Å². The molecule has 2 aliphatic rings. The molecule has 1 saturated heterocycles. The number of nitrogens with one attached hydrogen (secondary N) is 1. The van der Waals surface area contributed by atoms with Gasteiger partial charge in [0.1, 0.15) is 0 Å². The fourth-order valence-electron chi connectivity index (χ4n) is 1.89. The van der Waals surface area contributed by atoms with E-state index in [-0.39, 0.29) is 63.8 Å². The Hall–Kier alpha value is 1.45. The Bertz CT molecular complexity index is 174. The van der Waals surface area contributed by atoms with Crippen molar-refractivity contribution in [3.8, 4) is 0 Å². The van der Waals surface area contributed by atoms with Gasteiger partial charge in [-0.2, -0.15) is 0 Å². The Morgan fingerprint density at radius 1 is 1.36 bits per heavy atom. The first-order valence-corrected chi connectivity index (χ1v) is 3.46. The van der Waals surface area contributed by atoms with Crippen LogP contribution in [0.3, 0.4) is 0 Å². The fraction of sp³-hybridized carbons (Fsp3) is 1.00. The standard InChI is InChI=1S/C5H8BF3N.K/c7-6(8,9)5-1-4(5)2-10-3-5;/h4,10H,1-3H2;/q-1;+1/t4-,5-;/m0./s1. The zero-order chi connectivity index (χ0) is 7.41. The van der Waals surface area contributed by atoms with E-state index in [1.165, 1.54) is 0 Å². The van der Waals surface area contributed by atoms with Gasteiger partial charge in [-0.25, -0.2) is 0 Å². The molecule has 1 saturated carbocycles. The molecule has 1 aliphatic heterocycles. The fourth-order valence-corrected chi connectivity index (χ4v) is 1.89. The van der Waals surface area contributed by atoms with E-state index in [0.29, 0.717) is 13.0 Å². The van der Waals surface area contributed by atoms with Crippen molar-refractivity contribution >= 4 is 6.98 Å². The van der Waals surface area contributed by atoms with E-state index < -0.39 is 12.3 Å². The topological polar surface area (TPSA) is 12.0 Å². The first-order valence-electron chi connectivity index (χ1n) is 3.46. The molecule has 6 heteroatoms. The predicted molar refractivity (Wildman–Crippen MR) is 32.7 cm³/mol. The Morgan fingerprint density at radius 3 is 2.18 bits per heavy atom. The third-order valence-electron chi connectivity index (χ3n) is 2.78. The van der Waals surface area contributed by atoms with Gasteiger partial charge in [-0.05, 0) is 24.3 Å². The number of halogens is 3. The van der Waals surface area contributed by atoms with Gasteiger partial charge in [-0.3, -0.25) is 0 Å². The van der Waals surface area contributed by atoms with E-state index in [4.69, 9.17) is 0 Å². The average Bonchev–Trinajstić information content (AvgIpc) is 2.36. The third kappa shape index (κ3) is 1.46. The van der Waals surface area contributed by atoms with Crippen molar-refractivity contribution in [3.63, 3.8) is 0 Å². The molecule has 0 aromatic rings. The van der Waals surface area contributed by atoms with Crippen molar-refractivity contribution in [3.05, 3.63) is 0 Å². The molecular weight excluding hydrogens is 181 g/mol. The molecule has 2 fully saturated rings. The largest absolute Gasteiger partial charge is 1.00 e. The summed E-state index contributed by atoms with van der Waals surface area (Å²) in [6, 6.07) is 0. The minimum atomic E-state index is -4.59. The first-order chi connectivity index (χ1) is 4.56. The molecule has 0 bridgehead atoms. The van der Waals surface area contributed by atoms with Gasteiger partial charge in [0.05, 0.1) is 0 Å². The molecule has 1 aliphatic carbocycles. The maximum absolute atomic E-state index is 12.2. The summed E-state index contributed by atoms with van der Waals surface area (Å²) < 4.78 is 36.6. The average molecular weight is 189 g/mol. The van der Waals surface area contributed by atoms with Gasteiger partial charge in [0.25, 0.3) is 0 Å². The molecule has 11 heavy (non-hydrogen) atoms. The minimum Gasteiger partial charge on any atom is -0.448 e. The SMILES string of the molecule is F[B-](F)(F)[C@@]12CNC[C@@H]1C2.[K+]. The van der Waals surface area contributed by atoms with Crippen molar-refractivity contribution < 1.29 is 64.3 Å². The van der Waals surface area contributed by atoms with E-state index in [9.17, 15) is 12.9 Å². The Balaban J connectivity index is 0.000000605. The summed E-state index contributed by atoms with van der Waals surface area (Å²) in [6.45, 7) is -3.85. The van der Waals surface area contributed by atoms with Crippen LogP contribution in [0.15, 0.2) is 0 Å². The van der Waals surface area contributed by atoms with Crippen LogP contribution in [-0.4, -0.2) is 20.1 Å². The van der Waals surface area contributed by atoms with Gasteiger partial charge >= 0.3 is 58.4 Å². The molecule has 0 spiro atoms. The van der Waals surface area contributed by atoms with E-state index in [1.807, 2.05) is 0 Å². The van der Waals surface area contributed by atoms with Crippen LogP contribution in [0.4, 0.5) is 12.9 Å². The number of rotatable bonds is 1. The molecule has 2 atom stereocenters. The first kappa shape index (κ1) is 10.5. The van der Waals surface area contributed by atoms with Crippen molar-refractivity contribution in [1.82, 2.24) is 5.32 Å². The quantitative estimate of drug-likeness (QED) is 0.480. The van der Waals surface area contributed by atoms with Gasteiger partial charge in [-0.1, -0.05) is 6.42 Å². The van der Waals surface area contributed by atoms with E-state index >= 15 is 0 Å². The second-order valence-corrected chi connectivity index (χ2v) is 3.34. The zero-order valence-electron chi connectivity index (χ0n) is 6.41. The Morgan fingerprint density at radius 2 is 2.00 bits per heavy atom. The molecule has 2 rings (SSSR count). The number of hydrogen-bond acceptors (Lipinski definition) is 1. The molecule has 0 aromatic heterocycles. The Labute approximate surface area is 106 Å². The van der Waals surface area contributed by atoms with E-state index in [0.717, 1.165) is 0 Å². The molecule has 58 valence electrons. The predicted octanol–water partition coefficient (Wildman–Crippen LogP) is -1.80. The molecule has 0 amide bonds. The second kappa shape index (κ2) is 2.99. The number of hydrogen-bond donors (Lipinski definition) is 1. The summed E-state index contributed by atoms with van der Waals surface area (Å²) in [6.07, 6.45) is 0.378. The summed E-state index contributed by atoms with van der Waals surface area (Å²) in [5.74, 6) is -0.0903. The molecule has 0 unspecified atom stereocenters. The van der Waals surface area contributed by atoms with Crippen molar-refractivity contribution in [2.45, 2.75) is 11.7 Å². The van der Waals surface area contributed by atoms with Gasteiger partial charge in [0, 0.05) is 0 Å². The van der Waals surface area contributed by atoms with Crippen LogP contribution in [-0.2, 0) is 0 Å². The van der Waals surface area contributed by atoms with Crippen LogP contribution >= 0.6 is 0 Å². The van der Waals surface area contributed by atoms with Gasteiger partial charge in [-0.15, -0.1) is 0 Å². The van der Waals surface area contributed by atoms with E-state index in [1.54, 1.807) is 0 Å². The zero-order valence-corrected chi connectivity index (χ0v) is 9.53. The normalized spacial score (nSPS) is 41.2. The van der Waals surface area contributed by atoms with Crippen LogP contribution < -0.4 is 56.7 Å². The third-order valence-corrected chi connectivity index (χ3v) is 2.78. The van der Waals surface area contributed by atoms with Crippen LogP contribution in [0.25, 0.3) is 0 Å². The minimum absolute atomic E-state index is 0. The molecule has 1 N–H and O–H groups in total. The molecule has 1 nitrogen and oxygen atoms in total. The maximum Gasteiger partial charge on any atom is 1.00 e. The number of piperidine rings is 1. The number of fused-ring (bicyclic) bond motifs is 1. The van der Waals surface area contributed by atoms with Crippen LogP contribution in [0, 0.1) is 5.92 Å². The van der Waals surface area contributed by atoms with Gasteiger partial charge in [0.2, 0.25) is 0 Å². The maximum atomic E-state index is 12.2. The van der Waals surface area contributed by atoms with E-state index in [2.05, 4.69) is 5.32 Å². The summed E-state index contributed by atoms with van der Waals surface area (Å²) in [5, 5.41) is 1.51. The van der Waals surface area contributed by atoms with Crippen LogP contribution in [0.5, 0.6) is 0 Å². The van der Waals surface area contributed by atoms with Crippen LogP contribution in [0.2, 0.25) is 5.31 Å². The molecular formula is C5H8BF3KN. The smallest absolute Gasteiger partial charge is 0.448 e. The summed E-state index contributed by atoms with van der Waals surface area (Å²) >= 11 is 0. The van der Waals surface area contributed by atoms with Crippen LogP contribution in [0.1, 0.15) is 6.42 Å². The molecule has 0 radical (unpaired) electrons. The summed E-state index contributed by atoms with van der Waals surface area (Å²) in [5.41, 5.74) is 0.